The minimum atomic E-state index is 0.0455. The van der Waals surface area contributed by atoms with Crippen LogP contribution < -0.4 is 5.56 Å². The first-order chi connectivity index (χ1) is 9.24. The van der Waals surface area contributed by atoms with Gasteiger partial charge in [0.1, 0.15) is 0 Å². The van der Waals surface area contributed by atoms with Crippen molar-refractivity contribution in [3.63, 3.8) is 0 Å². The van der Waals surface area contributed by atoms with E-state index >= 15 is 0 Å². The van der Waals surface area contributed by atoms with E-state index in [1.807, 2.05) is 12.3 Å². The molecule has 1 aliphatic rings. The summed E-state index contributed by atoms with van der Waals surface area (Å²) in [5.74, 6) is 0.339. The van der Waals surface area contributed by atoms with Crippen molar-refractivity contribution >= 4 is 5.71 Å². The summed E-state index contributed by atoms with van der Waals surface area (Å²) in [7, 11) is 0. The van der Waals surface area contributed by atoms with E-state index in [0.717, 1.165) is 38.2 Å². The van der Waals surface area contributed by atoms with Gasteiger partial charge in [0.2, 0.25) is 0 Å². The molecule has 1 atom stereocenters. The maximum atomic E-state index is 11.6. The highest BCUT2D eigenvalue weighted by atomic mass is 16.4. The monoisotopic (exact) mass is 263 g/mol. The molecule has 5 nitrogen and oxygen atoms in total. The lowest BCUT2D eigenvalue weighted by molar-refractivity contribution is 0.219. The average Bonchev–Trinajstić information content (AvgIpc) is 2.46. The molecule has 1 aromatic heterocycles. The van der Waals surface area contributed by atoms with E-state index in [9.17, 15) is 4.79 Å². The van der Waals surface area contributed by atoms with Gasteiger partial charge >= 0.3 is 0 Å². The maximum Gasteiger partial charge on any atom is 0.250 e. The Kier molecular flexibility index (Phi) is 4.74. The minimum absolute atomic E-state index is 0.0455. The first-order valence-corrected chi connectivity index (χ1v) is 6.83. The van der Waals surface area contributed by atoms with E-state index < -0.39 is 0 Å². The van der Waals surface area contributed by atoms with Crippen LogP contribution >= 0.6 is 0 Å². The molecule has 0 aromatic carbocycles. The van der Waals surface area contributed by atoms with Gasteiger partial charge in [0.25, 0.3) is 5.56 Å². The third-order valence-electron chi connectivity index (χ3n) is 3.81. The Balaban J connectivity index is 1.91. The number of hydrogen-bond acceptors (Lipinski definition) is 4. The van der Waals surface area contributed by atoms with Crippen LogP contribution in [0.15, 0.2) is 34.3 Å². The van der Waals surface area contributed by atoms with Crippen molar-refractivity contribution in [1.82, 2.24) is 9.47 Å². The fourth-order valence-electron chi connectivity index (χ4n) is 2.58. The molecule has 1 unspecified atom stereocenters. The molecule has 0 aliphatic carbocycles. The molecule has 1 aromatic rings. The van der Waals surface area contributed by atoms with Crippen molar-refractivity contribution in [2.45, 2.75) is 26.3 Å². The molecule has 1 aliphatic heterocycles. The molecule has 0 radical (unpaired) electrons. The number of nitrogens with zero attached hydrogens (tertiary/aromatic N) is 3. The van der Waals surface area contributed by atoms with Crippen LogP contribution in [0.4, 0.5) is 0 Å². The lowest BCUT2D eigenvalue weighted by Gasteiger charge is -2.32. The fourth-order valence-corrected chi connectivity index (χ4v) is 2.58. The predicted octanol–water partition coefficient (Wildman–Crippen LogP) is 1.41. The number of likely N-dealkylation sites (tertiary alicyclic amines) is 1. The maximum absolute atomic E-state index is 11.6. The molecule has 1 N–H and O–H groups in total. The van der Waals surface area contributed by atoms with Crippen LogP contribution in [0.2, 0.25) is 0 Å². The topological polar surface area (TPSA) is 57.8 Å². The molecule has 5 heteroatoms. The van der Waals surface area contributed by atoms with Gasteiger partial charge in [-0.1, -0.05) is 18.1 Å². The summed E-state index contributed by atoms with van der Waals surface area (Å²) in [6, 6.07) is 5.22. The molecule has 0 amide bonds. The van der Waals surface area contributed by atoms with Crippen LogP contribution in [0, 0.1) is 5.92 Å². The minimum Gasteiger partial charge on any atom is -0.411 e. The van der Waals surface area contributed by atoms with Crippen molar-refractivity contribution in [2.24, 2.45) is 11.1 Å². The van der Waals surface area contributed by atoms with Crippen LogP contribution in [-0.2, 0) is 6.54 Å². The number of rotatable bonds is 4. The first kappa shape index (κ1) is 13.8. The van der Waals surface area contributed by atoms with E-state index in [0.29, 0.717) is 12.5 Å². The van der Waals surface area contributed by atoms with Crippen molar-refractivity contribution in [3.05, 3.63) is 34.7 Å². The van der Waals surface area contributed by atoms with E-state index in [1.165, 1.54) is 0 Å². The number of pyridine rings is 1. The summed E-state index contributed by atoms with van der Waals surface area (Å²) in [6.45, 7) is 5.50. The summed E-state index contributed by atoms with van der Waals surface area (Å²) in [4.78, 5) is 13.9. The summed E-state index contributed by atoms with van der Waals surface area (Å²) in [5.41, 5.74) is 0.958. The second-order valence-corrected chi connectivity index (χ2v) is 4.98. The SMILES string of the molecule is CCC1CN(CCn2ccccc2=O)CC/C1=N\O. The van der Waals surface area contributed by atoms with Gasteiger partial charge in [-0.2, -0.15) is 0 Å². The first-order valence-electron chi connectivity index (χ1n) is 6.83. The highest BCUT2D eigenvalue weighted by molar-refractivity contribution is 5.87. The molecule has 104 valence electrons. The number of oxime groups is 1. The van der Waals surface area contributed by atoms with Crippen LogP contribution in [0.3, 0.4) is 0 Å². The van der Waals surface area contributed by atoms with Gasteiger partial charge in [-0.3, -0.25) is 4.79 Å². The third-order valence-corrected chi connectivity index (χ3v) is 3.81. The van der Waals surface area contributed by atoms with E-state index in [2.05, 4.69) is 17.0 Å². The van der Waals surface area contributed by atoms with Crippen LogP contribution in [0.5, 0.6) is 0 Å². The highest BCUT2D eigenvalue weighted by Gasteiger charge is 2.24. The summed E-state index contributed by atoms with van der Waals surface area (Å²) < 4.78 is 1.73. The fraction of sp³-hybridized carbons (Fsp3) is 0.571. The average molecular weight is 263 g/mol. The zero-order valence-corrected chi connectivity index (χ0v) is 11.3. The van der Waals surface area contributed by atoms with Crippen molar-refractivity contribution in [3.8, 4) is 0 Å². The zero-order chi connectivity index (χ0) is 13.7. The summed E-state index contributed by atoms with van der Waals surface area (Å²) in [5, 5.41) is 12.3. The Morgan fingerprint density at radius 3 is 2.95 bits per heavy atom. The van der Waals surface area contributed by atoms with Crippen LogP contribution in [0.25, 0.3) is 0 Å². The second kappa shape index (κ2) is 6.52. The number of hydrogen-bond donors (Lipinski definition) is 1. The molecular weight excluding hydrogens is 242 g/mol. The van der Waals surface area contributed by atoms with E-state index in [1.54, 1.807) is 16.7 Å². The Bertz CT molecular complexity index is 495. The standard InChI is InChI=1S/C14H21N3O2/c1-2-12-11-16(8-6-13(12)15-19)9-10-17-7-4-3-5-14(17)18/h3-5,7,12,19H,2,6,8-11H2,1H3/b15-13+. The molecule has 0 bridgehead atoms. The lowest BCUT2D eigenvalue weighted by Crippen LogP contribution is -2.42. The van der Waals surface area contributed by atoms with Gasteiger partial charge in [-0.25, -0.2) is 0 Å². The highest BCUT2D eigenvalue weighted by Crippen LogP contribution is 2.17. The van der Waals surface area contributed by atoms with Gasteiger partial charge in [0, 0.05) is 50.8 Å². The largest absolute Gasteiger partial charge is 0.411 e. The van der Waals surface area contributed by atoms with Gasteiger partial charge in [-0.05, 0) is 12.5 Å². The van der Waals surface area contributed by atoms with Crippen molar-refractivity contribution in [1.29, 1.82) is 0 Å². The van der Waals surface area contributed by atoms with E-state index in [-0.39, 0.29) is 5.56 Å². The molecule has 1 fully saturated rings. The van der Waals surface area contributed by atoms with Crippen molar-refractivity contribution in [2.75, 3.05) is 19.6 Å². The van der Waals surface area contributed by atoms with Gasteiger partial charge in [0.05, 0.1) is 5.71 Å². The van der Waals surface area contributed by atoms with Crippen LogP contribution in [-0.4, -0.2) is 40.0 Å². The molecule has 1 saturated heterocycles. The Labute approximate surface area is 113 Å². The summed E-state index contributed by atoms with van der Waals surface area (Å²) >= 11 is 0. The third kappa shape index (κ3) is 3.44. The Hall–Kier alpha value is -1.62. The smallest absolute Gasteiger partial charge is 0.250 e. The lowest BCUT2D eigenvalue weighted by atomic mass is 9.93. The van der Waals surface area contributed by atoms with Crippen molar-refractivity contribution < 1.29 is 5.21 Å². The van der Waals surface area contributed by atoms with Gasteiger partial charge < -0.3 is 14.7 Å². The van der Waals surface area contributed by atoms with Gasteiger partial charge in [-0.15, -0.1) is 0 Å². The number of piperidine rings is 1. The number of aromatic nitrogens is 1. The normalized spacial score (nSPS) is 22.8. The summed E-state index contributed by atoms with van der Waals surface area (Å²) in [6.07, 6.45) is 3.63. The molecule has 0 spiro atoms. The van der Waals surface area contributed by atoms with Crippen LogP contribution in [0.1, 0.15) is 19.8 Å². The molecule has 2 heterocycles. The molecular formula is C14H21N3O2. The second-order valence-electron chi connectivity index (χ2n) is 4.98. The molecule has 0 saturated carbocycles. The Morgan fingerprint density at radius 1 is 1.42 bits per heavy atom. The molecule has 2 rings (SSSR count). The zero-order valence-electron chi connectivity index (χ0n) is 11.3. The Morgan fingerprint density at radius 2 is 2.26 bits per heavy atom. The quantitative estimate of drug-likeness (QED) is 0.660. The predicted molar refractivity (Wildman–Crippen MR) is 74.8 cm³/mol. The van der Waals surface area contributed by atoms with E-state index in [4.69, 9.17) is 5.21 Å². The molecule has 19 heavy (non-hydrogen) atoms. The van der Waals surface area contributed by atoms with Gasteiger partial charge in [0.15, 0.2) is 0 Å².